The minimum Gasteiger partial charge on any atom is -0.389 e. The van der Waals surface area contributed by atoms with Gasteiger partial charge in [-0.15, -0.1) is 0 Å². The fourth-order valence-electron chi connectivity index (χ4n) is 4.72. The minimum atomic E-state index is -0.370. The van der Waals surface area contributed by atoms with E-state index in [4.69, 9.17) is 0 Å². The second-order valence-corrected chi connectivity index (χ2v) is 9.36. The first-order valence-corrected chi connectivity index (χ1v) is 12.4. The number of amides is 1. The fourth-order valence-corrected chi connectivity index (χ4v) is 4.72. The van der Waals surface area contributed by atoms with E-state index in [1.54, 1.807) is 0 Å². The maximum atomic E-state index is 12.3. The lowest BCUT2D eigenvalue weighted by Gasteiger charge is -2.32. The maximum Gasteiger partial charge on any atom is 0.222 e. The second-order valence-electron chi connectivity index (χ2n) is 9.36. The number of carbonyl (C=O) groups is 2. The molecule has 2 fully saturated rings. The van der Waals surface area contributed by atoms with Crippen LogP contribution in [-0.4, -0.2) is 65.9 Å². The third-order valence-electron chi connectivity index (χ3n) is 6.85. The van der Waals surface area contributed by atoms with E-state index in [9.17, 15) is 14.7 Å². The number of hydrogen-bond donors (Lipinski definition) is 1. The Morgan fingerprint density at radius 1 is 1.10 bits per heavy atom. The van der Waals surface area contributed by atoms with Gasteiger partial charge in [-0.05, 0) is 38.6 Å². The molecule has 1 amide bonds. The van der Waals surface area contributed by atoms with Gasteiger partial charge in [0.2, 0.25) is 5.91 Å². The number of rotatable bonds is 13. The third kappa shape index (κ3) is 8.89. The van der Waals surface area contributed by atoms with Crippen molar-refractivity contribution >= 4 is 11.7 Å². The lowest BCUT2D eigenvalue weighted by molar-refractivity contribution is -0.132. The number of nitrogens with zero attached hydrogens (tertiary/aromatic N) is 2. The third-order valence-corrected chi connectivity index (χ3v) is 6.85. The first kappa shape index (κ1) is 25.1. The molecule has 0 spiro atoms. The molecule has 1 saturated heterocycles. The number of aliphatic hydroxyl groups is 1. The lowest BCUT2D eigenvalue weighted by atomic mass is 9.89. The van der Waals surface area contributed by atoms with Crippen LogP contribution < -0.4 is 0 Å². The van der Waals surface area contributed by atoms with Crippen molar-refractivity contribution in [1.29, 1.82) is 0 Å². The van der Waals surface area contributed by atoms with E-state index in [1.807, 2.05) is 11.0 Å². The Balaban J connectivity index is 1.59. The predicted molar refractivity (Wildman–Crippen MR) is 122 cm³/mol. The maximum absolute atomic E-state index is 12.3. The highest BCUT2D eigenvalue weighted by atomic mass is 16.3. The molecule has 5 nitrogen and oxygen atoms in total. The molecule has 30 heavy (non-hydrogen) atoms. The highest BCUT2D eigenvalue weighted by molar-refractivity contribution is 5.83. The molecule has 0 aromatic rings. The number of likely N-dealkylation sites (N-methyl/N-ethyl adjacent to an activating group) is 1. The zero-order valence-corrected chi connectivity index (χ0v) is 19.4. The molecule has 172 valence electrons. The summed E-state index contributed by atoms with van der Waals surface area (Å²) >= 11 is 0. The average Bonchev–Trinajstić information content (AvgIpc) is 3.09. The van der Waals surface area contributed by atoms with Crippen LogP contribution in [0.25, 0.3) is 0 Å². The molecule has 5 heteroatoms. The fraction of sp³-hybridized carbons (Fsp3) is 0.840. The van der Waals surface area contributed by atoms with Crippen molar-refractivity contribution < 1.29 is 14.7 Å². The van der Waals surface area contributed by atoms with E-state index < -0.39 is 0 Å². The van der Waals surface area contributed by atoms with Crippen LogP contribution in [0.3, 0.4) is 0 Å². The molecule has 0 aromatic heterocycles. The molecule has 3 atom stereocenters. The number of allylic oxidation sites excluding steroid dienone is 1. The summed E-state index contributed by atoms with van der Waals surface area (Å²) in [4.78, 5) is 28.8. The summed E-state index contributed by atoms with van der Waals surface area (Å²) in [5.41, 5.74) is 0. The summed E-state index contributed by atoms with van der Waals surface area (Å²) in [6.07, 6.45) is 15.3. The van der Waals surface area contributed by atoms with Gasteiger partial charge in [-0.1, -0.05) is 57.6 Å². The molecule has 2 rings (SSSR count). The summed E-state index contributed by atoms with van der Waals surface area (Å²) < 4.78 is 0. The number of carbonyl (C=O) groups excluding carboxylic acids is 2. The standard InChI is InChI=1S/C25H44N2O3/c1-3-4-7-10-22(28)15-13-21-14-16-24(29)23(21)11-8-5-6-9-12-25(30)27-19-17-26(2)18-20-27/h13,15,21-23,28H,3-12,14,16-20H2,1-2H3/t21-,22-,23+/m0/s1. The van der Waals surface area contributed by atoms with Crippen molar-refractivity contribution in [3.8, 4) is 0 Å². The van der Waals surface area contributed by atoms with Crippen molar-refractivity contribution in [2.75, 3.05) is 33.2 Å². The van der Waals surface area contributed by atoms with Gasteiger partial charge >= 0.3 is 0 Å². The quantitative estimate of drug-likeness (QED) is 0.358. The SMILES string of the molecule is CCCCC[C@H](O)C=C[C@H]1CCC(=O)[C@@H]1CCCCCCC(=O)N1CCN(C)CC1. The molecule has 0 aromatic carbocycles. The first-order chi connectivity index (χ1) is 14.5. The Hall–Kier alpha value is -1.20. The molecule has 0 unspecified atom stereocenters. The molecular weight excluding hydrogens is 376 g/mol. The van der Waals surface area contributed by atoms with Crippen LogP contribution in [0, 0.1) is 11.8 Å². The van der Waals surface area contributed by atoms with Crippen molar-refractivity contribution in [1.82, 2.24) is 9.80 Å². The molecule has 1 N–H and O–H groups in total. The normalized spacial score (nSPS) is 24.1. The number of piperazine rings is 1. The van der Waals surface area contributed by atoms with E-state index in [0.29, 0.717) is 30.4 Å². The van der Waals surface area contributed by atoms with Gasteiger partial charge < -0.3 is 14.9 Å². The van der Waals surface area contributed by atoms with Crippen LogP contribution in [0.5, 0.6) is 0 Å². The van der Waals surface area contributed by atoms with Crippen LogP contribution in [0.2, 0.25) is 0 Å². The van der Waals surface area contributed by atoms with E-state index in [-0.39, 0.29) is 12.0 Å². The summed E-state index contributed by atoms with van der Waals surface area (Å²) in [6.45, 7) is 5.85. The number of unbranched alkanes of at least 4 members (excludes halogenated alkanes) is 5. The molecular formula is C25H44N2O3. The zero-order chi connectivity index (χ0) is 21.8. The number of ketones is 1. The molecule has 0 radical (unpaired) electrons. The van der Waals surface area contributed by atoms with Gasteiger partial charge in [0, 0.05) is 44.9 Å². The van der Waals surface area contributed by atoms with E-state index >= 15 is 0 Å². The molecule has 2 aliphatic rings. The largest absolute Gasteiger partial charge is 0.389 e. The summed E-state index contributed by atoms with van der Waals surface area (Å²) in [6, 6.07) is 0. The van der Waals surface area contributed by atoms with Gasteiger partial charge in [-0.3, -0.25) is 9.59 Å². The second kappa shape index (κ2) is 14.0. The number of Topliss-reactive ketones (excluding diaryl/α,β-unsaturated/α-hetero) is 1. The summed E-state index contributed by atoms with van der Waals surface area (Å²) in [7, 11) is 2.10. The van der Waals surface area contributed by atoms with Crippen LogP contribution in [0.15, 0.2) is 12.2 Å². The van der Waals surface area contributed by atoms with Crippen LogP contribution in [0.4, 0.5) is 0 Å². The van der Waals surface area contributed by atoms with Gasteiger partial charge in [0.1, 0.15) is 5.78 Å². The van der Waals surface area contributed by atoms with E-state index in [2.05, 4.69) is 24.9 Å². The van der Waals surface area contributed by atoms with Crippen molar-refractivity contribution in [3.63, 3.8) is 0 Å². The minimum absolute atomic E-state index is 0.135. The number of aliphatic hydroxyl groups excluding tert-OH is 1. The Bertz CT molecular complexity index is 541. The lowest BCUT2D eigenvalue weighted by Crippen LogP contribution is -2.47. The monoisotopic (exact) mass is 420 g/mol. The molecule has 1 saturated carbocycles. The molecule has 1 heterocycles. The van der Waals surface area contributed by atoms with Crippen molar-refractivity contribution in [3.05, 3.63) is 12.2 Å². The van der Waals surface area contributed by atoms with Gasteiger partial charge in [-0.2, -0.15) is 0 Å². The molecule has 1 aliphatic carbocycles. The Labute approximate surface area is 183 Å². The van der Waals surface area contributed by atoms with Crippen molar-refractivity contribution in [2.24, 2.45) is 11.8 Å². The summed E-state index contributed by atoms with van der Waals surface area (Å²) in [5.74, 6) is 1.14. The topological polar surface area (TPSA) is 60.9 Å². The van der Waals surface area contributed by atoms with E-state index in [1.165, 1.54) is 6.42 Å². The van der Waals surface area contributed by atoms with Crippen LogP contribution in [-0.2, 0) is 9.59 Å². The molecule has 1 aliphatic heterocycles. The smallest absolute Gasteiger partial charge is 0.222 e. The average molecular weight is 421 g/mol. The highest BCUT2D eigenvalue weighted by Crippen LogP contribution is 2.34. The van der Waals surface area contributed by atoms with Gasteiger partial charge in [0.05, 0.1) is 6.10 Å². The number of hydrogen-bond acceptors (Lipinski definition) is 4. The zero-order valence-electron chi connectivity index (χ0n) is 19.4. The van der Waals surface area contributed by atoms with E-state index in [0.717, 1.165) is 84.0 Å². The highest BCUT2D eigenvalue weighted by Gasteiger charge is 2.32. The van der Waals surface area contributed by atoms with Gasteiger partial charge in [-0.25, -0.2) is 0 Å². The Morgan fingerprint density at radius 2 is 1.83 bits per heavy atom. The Kier molecular flexibility index (Phi) is 11.7. The van der Waals surface area contributed by atoms with Crippen LogP contribution >= 0.6 is 0 Å². The van der Waals surface area contributed by atoms with Crippen molar-refractivity contribution in [2.45, 2.75) is 90.1 Å². The molecule has 0 bridgehead atoms. The first-order valence-electron chi connectivity index (χ1n) is 12.4. The van der Waals surface area contributed by atoms with Gasteiger partial charge in [0.15, 0.2) is 0 Å². The summed E-state index contributed by atoms with van der Waals surface area (Å²) in [5, 5.41) is 10.1. The predicted octanol–water partition coefficient (Wildman–Crippen LogP) is 4.19. The Morgan fingerprint density at radius 3 is 2.57 bits per heavy atom. The van der Waals surface area contributed by atoms with Gasteiger partial charge in [0.25, 0.3) is 0 Å². The van der Waals surface area contributed by atoms with Crippen LogP contribution in [0.1, 0.15) is 84.0 Å².